The second kappa shape index (κ2) is 8.24. The predicted octanol–water partition coefficient (Wildman–Crippen LogP) is 3.55. The largest absolute Gasteiger partial charge is 0.493 e. The fourth-order valence-electron chi connectivity index (χ4n) is 3.49. The Bertz CT molecular complexity index is 1100. The van der Waals surface area contributed by atoms with Crippen LogP contribution in [0.1, 0.15) is 26.3 Å². The third kappa shape index (κ3) is 3.69. The molecule has 0 fully saturated rings. The summed E-state index contributed by atoms with van der Waals surface area (Å²) in [5.41, 5.74) is 3.45. The van der Waals surface area contributed by atoms with E-state index in [1.165, 1.54) is 7.11 Å². The number of fused-ring (bicyclic) bond motifs is 1. The molecular formula is C23H21N3O4. The first-order valence-corrected chi connectivity index (χ1v) is 9.49. The Morgan fingerprint density at radius 1 is 1.00 bits per heavy atom. The smallest absolute Gasteiger partial charge is 0.259 e. The molecule has 152 valence electrons. The number of benzene rings is 2. The van der Waals surface area contributed by atoms with Crippen LogP contribution in [0.3, 0.4) is 0 Å². The molecule has 4 rings (SSSR count). The molecule has 0 spiro atoms. The van der Waals surface area contributed by atoms with Crippen LogP contribution in [0, 0.1) is 0 Å². The number of pyridine rings is 1. The first-order valence-electron chi connectivity index (χ1n) is 9.49. The van der Waals surface area contributed by atoms with Crippen molar-refractivity contribution < 1.29 is 19.1 Å². The highest BCUT2D eigenvalue weighted by Gasteiger charge is 2.26. The minimum atomic E-state index is -0.279. The molecule has 30 heavy (non-hydrogen) atoms. The Hall–Kier alpha value is -3.87. The topological polar surface area (TPSA) is 80.8 Å². The molecule has 7 nitrogen and oxygen atoms in total. The predicted molar refractivity (Wildman–Crippen MR) is 114 cm³/mol. The summed E-state index contributed by atoms with van der Waals surface area (Å²) in [5.74, 6) is 0.646. The summed E-state index contributed by atoms with van der Waals surface area (Å²) < 4.78 is 10.5. The Morgan fingerprint density at radius 3 is 2.57 bits per heavy atom. The SMILES string of the molecule is COc1ccc(C(=O)Nc2ccc3c(c2)N(C(=O)c2cccnc2)CC3)cc1OC. The van der Waals surface area contributed by atoms with Gasteiger partial charge in [0.15, 0.2) is 11.5 Å². The zero-order valence-electron chi connectivity index (χ0n) is 16.7. The number of hydrogen-bond acceptors (Lipinski definition) is 5. The molecule has 1 aliphatic heterocycles. The van der Waals surface area contributed by atoms with Gasteiger partial charge in [0, 0.05) is 35.9 Å². The maximum Gasteiger partial charge on any atom is 0.259 e. The molecule has 0 radical (unpaired) electrons. The summed E-state index contributed by atoms with van der Waals surface area (Å²) in [6, 6.07) is 14.1. The van der Waals surface area contributed by atoms with Crippen LogP contribution in [0.4, 0.5) is 11.4 Å². The quantitative estimate of drug-likeness (QED) is 0.705. The van der Waals surface area contributed by atoms with Crippen molar-refractivity contribution in [3.05, 3.63) is 77.6 Å². The van der Waals surface area contributed by atoms with E-state index < -0.39 is 0 Å². The molecule has 1 aromatic heterocycles. The molecule has 2 heterocycles. The molecule has 1 aliphatic rings. The summed E-state index contributed by atoms with van der Waals surface area (Å²) in [5, 5.41) is 2.89. The van der Waals surface area contributed by atoms with Gasteiger partial charge in [-0.15, -0.1) is 0 Å². The Labute approximate surface area is 174 Å². The van der Waals surface area contributed by atoms with E-state index in [1.54, 1.807) is 54.7 Å². The molecule has 2 amide bonds. The van der Waals surface area contributed by atoms with Crippen molar-refractivity contribution in [1.82, 2.24) is 4.98 Å². The number of anilines is 2. The van der Waals surface area contributed by atoms with E-state index in [-0.39, 0.29) is 11.8 Å². The highest BCUT2D eigenvalue weighted by molar-refractivity contribution is 6.08. The third-order valence-corrected chi connectivity index (χ3v) is 5.04. The molecule has 0 aliphatic carbocycles. The zero-order valence-corrected chi connectivity index (χ0v) is 16.7. The van der Waals surface area contributed by atoms with Gasteiger partial charge in [0.1, 0.15) is 0 Å². The normalized spacial score (nSPS) is 12.3. The number of amides is 2. The molecule has 3 aromatic rings. The van der Waals surface area contributed by atoms with E-state index in [0.29, 0.717) is 34.9 Å². The van der Waals surface area contributed by atoms with Gasteiger partial charge in [0.25, 0.3) is 11.8 Å². The molecule has 0 atom stereocenters. The minimum Gasteiger partial charge on any atom is -0.493 e. The minimum absolute atomic E-state index is 0.106. The van der Waals surface area contributed by atoms with Gasteiger partial charge in [-0.05, 0) is 54.4 Å². The van der Waals surface area contributed by atoms with Crippen LogP contribution in [0.15, 0.2) is 60.9 Å². The standard InChI is InChI=1S/C23H21N3O4/c1-29-20-8-6-16(12-21(20)30-2)22(27)25-18-7-5-15-9-11-26(19(15)13-18)23(28)17-4-3-10-24-14-17/h3-8,10,12-14H,9,11H2,1-2H3,(H,25,27). The Morgan fingerprint density at radius 2 is 1.83 bits per heavy atom. The van der Waals surface area contributed by atoms with Crippen LogP contribution < -0.4 is 19.7 Å². The van der Waals surface area contributed by atoms with Gasteiger partial charge in [0.05, 0.1) is 19.8 Å². The molecule has 0 saturated carbocycles. The van der Waals surface area contributed by atoms with Gasteiger partial charge in [-0.2, -0.15) is 0 Å². The van der Waals surface area contributed by atoms with Gasteiger partial charge >= 0.3 is 0 Å². The van der Waals surface area contributed by atoms with E-state index in [1.807, 2.05) is 18.2 Å². The van der Waals surface area contributed by atoms with E-state index in [9.17, 15) is 9.59 Å². The average Bonchev–Trinajstić information content (AvgIpc) is 3.21. The van der Waals surface area contributed by atoms with E-state index >= 15 is 0 Å². The second-order valence-corrected chi connectivity index (χ2v) is 6.82. The number of nitrogens with one attached hydrogen (secondary N) is 1. The van der Waals surface area contributed by atoms with Gasteiger partial charge < -0.3 is 19.7 Å². The summed E-state index contributed by atoms with van der Waals surface area (Å²) in [4.78, 5) is 31.3. The van der Waals surface area contributed by atoms with Crippen molar-refractivity contribution >= 4 is 23.2 Å². The van der Waals surface area contributed by atoms with Gasteiger partial charge in [-0.1, -0.05) is 6.07 Å². The van der Waals surface area contributed by atoms with E-state index in [0.717, 1.165) is 17.7 Å². The van der Waals surface area contributed by atoms with Gasteiger partial charge in [0.2, 0.25) is 0 Å². The maximum absolute atomic E-state index is 12.9. The highest BCUT2D eigenvalue weighted by Crippen LogP contribution is 2.33. The summed E-state index contributed by atoms with van der Waals surface area (Å²) in [7, 11) is 3.06. The van der Waals surface area contributed by atoms with Crippen molar-refractivity contribution in [2.45, 2.75) is 6.42 Å². The number of ether oxygens (including phenoxy) is 2. The van der Waals surface area contributed by atoms with Gasteiger partial charge in [-0.3, -0.25) is 14.6 Å². The Kier molecular flexibility index (Phi) is 5.34. The van der Waals surface area contributed by atoms with E-state index in [2.05, 4.69) is 10.3 Å². The lowest BCUT2D eigenvalue weighted by atomic mass is 10.1. The summed E-state index contributed by atoms with van der Waals surface area (Å²) in [6.07, 6.45) is 3.96. The van der Waals surface area contributed by atoms with Crippen LogP contribution in [-0.4, -0.2) is 37.6 Å². The fourth-order valence-corrected chi connectivity index (χ4v) is 3.49. The summed E-state index contributed by atoms with van der Waals surface area (Å²) in [6.45, 7) is 0.593. The number of nitrogens with zero attached hydrogens (tertiary/aromatic N) is 2. The molecule has 1 N–H and O–H groups in total. The first-order chi connectivity index (χ1) is 14.6. The number of hydrogen-bond donors (Lipinski definition) is 1. The average molecular weight is 403 g/mol. The van der Waals surface area contributed by atoms with Crippen LogP contribution in [-0.2, 0) is 6.42 Å². The Balaban J connectivity index is 1.56. The number of rotatable bonds is 5. The maximum atomic E-state index is 12.9. The van der Waals surface area contributed by atoms with Crippen molar-refractivity contribution in [2.75, 3.05) is 31.0 Å². The monoisotopic (exact) mass is 403 g/mol. The molecule has 2 aromatic carbocycles. The van der Waals surface area contributed by atoms with Crippen molar-refractivity contribution in [2.24, 2.45) is 0 Å². The second-order valence-electron chi connectivity index (χ2n) is 6.82. The first kappa shape index (κ1) is 19.4. The van der Waals surface area contributed by atoms with E-state index in [4.69, 9.17) is 9.47 Å². The number of aromatic nitrogens is 1. The van der Waals surface area contributed by atoms with Gasteiger partial charge in [-0.25, -0.2) is 0 Å². The number of carbonyl (C=O) groups is 2. The van der Waals surface area contributed by atoms with Crippen molar-refractivity contribution in [3.8, 4) is 11.5 Å². The lowest BCUT2D eigenvalue weighted by Crippen LogP contribution is -2.29. The number of methoxy groups -OCH3 is 2. The van der Waals surface area contributed by atoms with Crippen molar-refractivity contribution in [1.29, 1.82) is 0 Å². The third-order valence-electron chi connectivity index (χ3n) is 5.04. The van der Waals surface area contributed by atoms with Crippen LogP contribution in [0.2, 0.25) is 0 Å². The molecular weight excluding hydrogens is 382 g/mol. The van der Waals surface area contributed by atoms with Crippen LogP contribution in [0.5, 0.6) is 11.5 Å². The number of carbonyl (C=O) groups excluding carboxylic acids is 2. The molecule has 0 saturated heterocycles. The molecule has 0 bridgehead atoms. The molecule has 0 unspecified atom stereocenters. The van der Waals surface area contributed by atoms with Crippen molar-refractivity contribution in [3.63, 3.8) is 0 Å². The zero-order chi connectivity index (χ0) is 21.1. The van der Waals surface area contributed by atoms with Crippen LogP contribution in [0.25, 0.3) is 0 Å². The summed E-state index contributed by atoms with van der Waals surface area (Å²) >= 11 is 0. The highest BCUT2D eigenvalue weighted by atomic mass is 16.5. The lowest BCUT2D eigenvalue weighted by molar-refractivity contribution is 0.0987. The fraction of sp³-hybridized carbons (Fsp3) is 0.174. The molecule has 7 heteroatoms. The van der Waals surface area contributed by atoms with Crippen LogP contribution >= 0.6 is 0 Å². The lowest BCUT2D eigenvalue weighted by Gasteiger charge is -2.18.